The average molecular weight is 1090 g/mol. The molecule has 0 aromatic carbocycles. The zero-order valence-electron chi connectivity index (χ0n) is 53.9. The lowest BCUT2D eigenvalue weighted by Crippen LogP contribution is -2.54. The van der Waals surface area contributed by atoms with Gasteiger partial charge in [0.1, 0.15) is 0 Å². The maximum atomic E-state index is 4.39. The van der Waals surface area contributed by atoms with Crippen LogP contribution in [0.5, 0.6) is 0 Å². The number of fused-ring (bicyclic) bond motifs is 3. The van der Waals surface area contributed by atoms with Gasteiger partial charge in [0.2, 0.25) is 0 Å². The fourth-order valence-electron chi connectivity index (χ4n) is 23.3. The molecule has 0 aromatic rings. The van der Waals surface area contributed by atoms with E-state index in [1.54, 1.807) is 109 Å². The highest BCUT2D eigenvalue weighted by atomic mass is 15.2. The monoisotopic (exact) mass is 1090 g/mol. The van der Waals surface area contributed by atoms with Crippen LogP contribution in [0.2, 0.25) is 0 Å². The highest BCUT2D eigenvalue weighted by Gasteiger charge is 2.49. The Morgan fingerprint density at radius 2 is 1.03 bits per heavy atom. The number of hydrogen-bond donors (Lipinski definition) is 1. The fourth-order valence-corrected chi connectivity index (χ4v) is 23.3. The molecule has 20 unspecified atom stereocenters. The zero-order chi connectivity index (χ0) is 54.5. The molecule has 0 bridgehead atoms. The van der Waals surface area contributed by atoms with E-state index in [2.05, 4.69) is 63.9 Å². The van der Waals surface area contributed by atoms with Gasteiger partial charge in [-0.25, -0.2) is 0 Å². The van der Waals surface area contributed by atoms with Crippen LogP contribution in [0.25, 0.3) is 0 Å². The summed E-state index contributed by atoms with van der Waals surface area (Å²) >= 11 is 0. The van der Waals surface area contributed by atoms with Gasteiger partial charge in [0.25, 0.3) is 0 Å². The Labute approximate surface area is 493 Å². The lowest BCUT2D eigenvalue weighted by molar-refractivity contribution is -0.0258. The minimum absolute atomic E-state index is 0.764. The first-order valence-electron chi connectivity index (χ1n) is 37.9. The van der Waals surface area contributed by atoms with Gasteiger partial charge in [-0.2, -0.15) is 0 Å². The van der Waals surface area contributed by atoms with E-state index in [0.717, 1.165) is 137 Å². The number of nitrogens with one attached hydrogen (secondary N) is 1. The Morgan fingerprint density at radius 3 is 1.73 bits per heavy atom. The standard InChI is InChI=1S/C77H136N2/c1-7-10-14-22-56(6)59-26-21-31-74(53-59)79(73-29-18-13-19-30-73)75-44-41-64-48-61(36-38-67(64)54-75)65-42-45-77-70(50-65)51-68(76(77)9-3)39-33-58-32-34-62(49-69(58)46-55(4)5)60-35-37-66-52-72(43-40-63(66)47-60)78-71(27-15-11-8-2)28-20-25-57-23-16-12-17-24-57/h14,22,55-78H,7-13,15-21,23-54H2,1-6H3/b22-14-. The Hall–Kier alpha value is -0.340. The van der Waals surface area contributed by atoms with Crippen molar-refractivity contribution in [1.82, 2.24) is 10.2 Å². The predicted molar refractivity (Wildman–Crippen MR) is 342 cm³/mol. The second kappa shape index (κ2) is 31.3. The van der Waals surface area contributed by atoms with Crippen LogP contribution in [0.3, 0.4) is 0 Å². The number of nitrogens with zero attached hydrogens (tertiary/aromatic N) is 1. The first-order chi connectivity index (χ1) is 38.7. The molecule has 0 aliphatic heterocycles. The number of unbranched alkanes of at least 4 members (excludes halogenated alkanes) is 3. The summed E-state index contributed by atoms with van der Waals surface area (Å²) in [4.78, 5) is 3.31. The van der Waals surface area contributed by atoms with Gasteiger partial charge in [-0.15, -0.1) is 0 Å². The quantitative estimate of drug-likeness (QED) is 0.0724. The first kappa shape index (κ1) is 61.7. The maximum Gasteiger partial charge on any atom is 0.0104 e. The van der Waals surface area contributed by atoms with Crippen LogP contribution < -0.4 is 5.32 Å². The van der Waals surface area contributed by atoms with Gasteiger partial charge in [-0.1, -0.05) is 156 Å². The molecule has 10 aliphatic rings. The smallest absolute Gasteiger partial charge is 0.0104 e. The topological polar surface area (TPSA) is 15.3 Å². The molecule has 0 aromatic heterocycles. The second-order valence-corrected chi connectivity index (χ2v) is 32.7. The molecule has 1 N–H and O–H groups in total. The van der Waals surface area contributed by atoms with E-state index >= 15 is 0 Å². The Morgan fingerprint density at radius 1 is 0.443 bits per heavy atom. The molecule has 0 radical (unpaired) electrons. The molecule has 2 nitrogen and oxygen atoms in total. The molecule has 0 heterocycles. The van der Waals surface area contributed by atoms with E-state index in [1.807, 2.05) is 0 Å². The largest absolute Gasteiger partial charge is 0.311 e. The van der Waals surface area contributed by atoms with Crippen molar-refractivity contribution < 1.29 is 0 Å². The van der Waals surface area contributed by atoms with Crippen LogP contribution in [0.4, 0.5) is 0 Å². The zero-order valence-corrected chi connectivity index (χ0v) is 53.9. The van der Waals surface area contributed by atoms with E-state index < -0.39 is 0 Å². The summed E-state index contributed by atoms with van der Waals surface area (Å²) in [5.41, 5.74) is 0. The molecule has 0 amide bonds. The fraction of sp³-hybridized carbons (Fsp3) is 0.974. The summed E-state index contributed by atoms with van der Waals surface area (Å²) < 4.78 is 0. The van der Waals surface area contributed by atoms with E-state index in [-0.39, 0.29) is 0 Å². The SMILES string of the molecule is CCC/C=C\C(C)C1CCCC(N(C2CCCCC2)C2CCC3CC(C4CCC5C(C4)CC(CCC4CCC(C6CCC7CC(NC(CCCCC)CCCC8CCCCC8)CCC7C6)CC4CC(C)C)C5CC)CCC3C2)C1. The molecule has 454 valence electrons. The Bertz CT molecular complexity index is 1720. The minimum atomic E-state index is 0.764. The van der Waals surface area contributed by atoms with E-state index in [9.17, 15) is 0 Å². The maximum absolute atomic E-state index is 4.39. The number of hydrogen-bond acceptors (Lipinski definition) is 2. The van der Waals surface area contributed by atoms with Gasteiger partial charge in [0, 0.05) is 30.2 Å². The average Bonchev–Trinajstić information content (AvgIpc) is 3.92. The second-order valence-electron chi connectivity index (χ2n) is 32.7. The molecule has 10 fully saturated rings. The van der Waals surface area contributed by atoms with Crippen LogP contribution in [0.1, 0.15) is 337 Å². The van der Waals surface area contributed by atoms with Crippen LogP contribution in [0, 0.1) is 107 Å². The van der Waals surface area contributed by atoms with Gasteiger partial charge < -0.3 is 5.32 Å². The van der Waals surface area contributed by atoms with Gasteiger partial charge in [-0.3, -0.25) is 4.90 Å². The molecule has 10 saturated carbocycles. The van der Waals surface area contributed by atoms with Crippen molar-refractivity contribution in [3.63, 3.8) is 0 Å². The predicted octanol–water partition coefficient (Wildman–Crippen LogP) is 22.6. The van der Waals surface area contributed by atoms with Gasteiger partial charge in [0.15, 0.2) is 0 Å². The molecule has 10 rings (SSSR count). The molecule has 10 aliphatic carbocycles. The van der Waals surface area contributed by atoms with Crippen molar-refractivity contribution in [2.24, 2.45) is 107 Å². The molecule has 2 heteroatoms. The highest BCUT2D eigenvalue weighted by Crippen LogP contribution is 2.58. The summed E-state index contributed by atoms with van der Waals surface area (Å²) in [6, 6.07) is 4.26. The van der Waals surface area contributed by atoms with E-state index in [4.69, 9.17) is 0 Å². The Balaban J connectivity index is 0.668. The number of rotatable bonds is 25. The summed E-state index contributed by atoms with van der Waals surface area (Å²) in [6.07, 6.45) is 74.9. The van der Waals surface area contributed by atoms with Gasteiger partial charge in [0.05, 0.1) is 0 Å². The molecule has 0 spiro atoms. The Kier molecular flexibility index (Phi) is 24.5. The minimum Gasteiger partial charge on any atom is -0.311 e. The number of allylic oxidation sites excluding steroid dienone is 2. The van der Waals surface area contributed by atoms with E-state index in [0.29, 0.717) is 0 Å². The summed E-state index contributed by atoms with van der Waals surface area (Å²) in [5.74, 6) is 18.2. The third-order valence-electron chi connectivity index (χ3n) is 27.5. The van der Waals surface area contributed by atoms with Crippen molar-refractivity contribution >= 4 is 0 Å². The van der Waals surface area contributed by atoms with Crippen LogP contribution in [-0.2, 0) is 0 Å². The highest BCUT2D eigenvalue weighted by molar-refractivity contribution is 5.02. The van der Waals surface area contributed by atoms with Crippen molar-refractivity contribution in [3.8, 4) is 0 Å². The third kappa shape index (κ3) is 16.8. The molecular formula is C77H136N2. The summed E-state index contributed by atoms with van der Waals surface area (Å²) in [6.45, 7) is 15.0. The van der Waals surface area contributed by atoms with Crippen molar-refractivity contribution in [2.75, 3.05) is 0 Å². The van der Waals surface area contributed by atoms with E-state index in [1.165, 1.54) is 186 Å². The third-order valence-corrected chi connectivity index (χ3v) is 27.5. The summed E-state index contributed by atoms with van der Waals surface area (Å²) in [5, 5.41) is 4.39. The van der Waals surface area contributed by atoms with Gasteiger partial charge in [-0.05, 0) is 299 Å². The van der Waals surface area contributed by atoms with Crippen molar-refractivity contribution in [3.05, 3.63) is 12.2 Å². The molecular weight excluding hydrogens is 953 g/mol. The van der Waals surface area contributed by atoms with Crippen molar-refractivity contribution in [1.29, 1.82) is 0 Å². The van der Waals surface area contributed by atoms with Crippen LogP contribution in [0.15, 0.2) is 12.2 Å². The first-order valence-corrected chi connectivity index (χ1v) is 37.9. The lowest BCUT2D eigenvalue weighted by atomic mass is 9.59. The molecule has 0 saturated heterocycles. The van der Waals surface area contributed by atoms with Crippen LogP contribution in [-0.4, -0.2) is 35.1 Å². The molecule has 79 heavy (non-hydrogen) atoms. The van der Waals surface area contributed by atoms with Crippen LogP contribution >= 0.6 is 0 Å². The summed E-state index contributed by atoms with van der Waals surface area (Å²) in [7, 11) is 0. The van der Waals surface area contributed by atoms with Gasteiger partial charge >= 0.3 is 0 Å². The normalized spacial score (nSPS) is 40.8. The van der Waals surface area contributed by atoms with Crippen molar-refractivity contribution in [2.45, 2.75) is 367 Å². The lowest BCUT2D eigenvalue weighted by Gasteiger charge is -2.53. The molecule has 20 atom stereocenters.